The summed E-state index contributed by atoms with van der Waals surface area (Å²) in [6.45, 7) is 5.69. The summed E-state index contributed by atoms with van der Waals surface area (Å²) in [5.41, 5.74) is 17.5. The molecule has 1 unspecified atom stereocenters. The predicted octanol–water partition coefficient (Wildman–Crippen LogP) is 4.40. The number of ether oxygens (including phenoxy) is 12. The van der Waals surface area contributed by atoms with Crippen molar-refractivity contribution in [1.82, 2.24) is 0 Å². The van der Waals surface area contributed by atoms with Gasteiger partial charge in [0.25, 0.3) is 0 Å². The van der Waals surface area contributed by atoms with Crippen LogP contribution in [0.4, 0.5) is 0 Å². The van der Waals surface area contributed by atoms with Gasteiger partial charge in [0.2, 0.25) is 6.29 Å². The number of rotatable bonds is 29. The van der Waals surface area contributed by atoms with Crippen LogP contribution in [0.5, 0.6) is 5.75 Å². The van der Waals surface area contributed by atoms with Gasteiger partial charge >= 0.3 is 0 Å². The van der Waals surface area contributed by atoms with E-state index in [2.05, 4.69) is 20.1 Å². The summed E-state index contributed by atoms with van der Waals surface area (Å²) in [4.78, 5) is 5.37. The molecule has 2 aliphatic rings. The Morgan fingerprint density at radius 1 is 0.566 bits per heavy atom. The quantitative estimate of drug-likeness (QED) is 0.0491. The molecule has 18 heteroatoms. The fourth-order valence-corrected chi connectivity index (χ4v) is 5.29. The molecule has 2 saturated heterocycles. The summed E-state index contributed by atoms with van der Waals surface area (Å²) in [5.74, 6) is 0.614. The summed E-state index contributed by atoms with van der Waals surface area (Å²) in [5, 5.41) is 6.83. The fraction of sp³-hybridized carbons (Fsp3) is 0.657. The summed E-state index contributed by atoms with van der Waals surface area (Å²) in [6.07, 6.45) is -3.80. The Morgan fingerprint density at radius 2 is 1.04 bits per heavy atom. The second kappa shape index (κ2) is 27.1. The van der Waals surface area contributed by atoms with Crippen molar-refractivity contribution in [2.24, 2.45) is 10.2 Å². The van der Waals surface area contributed by atoms with Crippen molar-refractivity contribution in [3.8, 4) is 5.75 Å². The van der Waals surface area contributed by atoms with Crippen molar-refractivity contribution >= 4 is 0 Å². The van der Waals surface area contributed by atoms with Crippen molar-refractivity contribution in [2.45, 2.75) is 37.0 Å². The molecule has 0 radical (unpaired) electrons. The largest absolute Gasteiger partial charge is 0.462 e. The van der Waals surface area contributed by atoms with Gasteiger partial charge in [-0.05, 0) is 23.2 Å². The van der Waals surface area contributed by atoms with E-state index in [4.69, 9.17) is 67.9 Å². The molecule has 0 amide bonds. The number of benzene rings is 2. The lowest BCUT2D eigenvalue weighted by molar-refractivity contribution is -0.360. The first kappa shape index (κ1) is 42.2. The van der Waals surface area contributed by atoms with E-state index in [0.29, 0.717) is 85.0 Å². The Morgan fingerprint density at radius 3 is 1.57 bits per heavy atom. The summed E-state index contributed by atoms with van der Waals surface area (Å²) in [6, 6.07) is 19.1. The summed E-state index contributed by atoms with van der Waals surface area (Å²) >= 11 is 0. The highest BCUT2D eigenvalue weighted by Crippen LogP contribution is 2.37. The number of fused-ring (bicyclic) bond motifs is 1. The Hall–Kier alpha value is -3.58. The molecule has 2 heterocycles. The second-order valence-electron chi connectivity index (χ2n) is 11.4. The van der Waals surface area contributed by atoms with Crippen LogP contribution in [0.3, 0.4) is 0 Å². The molecule has 53 heavy (non-hydrogen) atoms. The first-order valence-corrected chi connectivity index (χ1v) is 17.7. The molecule has 4 rings (SSSR count). The van der Waals surface area contributed by atoms with E-state index in [0.717, 1.165) is 5.56 Å². The third-order valence-corrected chi connectivity index (χ3v) is 7.71. The van der Waals surface area contributed by atoms with Gasteiger partial charge in [-0.2, -0.15) is 0 Å². The van der Waals surface area contributed by atoms with Gasteiger partial charge < -0.3 is 56.8 Å². The van der Waals surface area contributed by atoms with Gasteiger partial charge in [-0.15, -0.1) is 0 Å². The fourth-order valence-electron chi connectivity index (χ4n) is 5.29. The van der Waals surface area contributed by atoms with E-state index in [1.165, 1.54) is 0 Å². The Labute approximate surface area is 309 Å². The summed E-state index contributed by atoms with van der Waals surface area (Å²) in [7, 11) is 0. The zero-order chi connectivity index (χ0) is 37.0. The van der Waals surface area contributed by atoms with Crippen LogP contribution in [0.15, 0.2) is 70.9 Å². The Bertz CT molecular complexity index is 1330. The first-order valence-electron chi connectivity index (χ1n) is 17.7. The number of azide groups is 2. The van der Waals surface area contributed by atoms with Crippen molar-refractivity contribution in [3.05, 3.63) is 87.1 Å². The van der Waals surface area contributed by atoms with E-state index >= 15 is 0 Å². The molecule has 0 spiro atoms. The SMILES string of the molecule is [N-]=[N+]=NCCOCCOCCOCCO[C@@H]1[C@@H](OCCOCCOCCOCCN=[N+]=[N-])[C@H](Oc2ccccc2)O[C@@H]2COC(c3ccccc3)O[C@@H]12. The van der Waals surface area contributed by atoms with Gasteiger partial charge in [0.15, 0.2) is 6.29 Å². The molecular formula is C35H50N6O12. The number of hydrogen-bond donors (Lipinski definition) is 0. The molecule has 2 fully saturated rings. The van der Waals surface area contributed by atoms with Crippen molar-refractivity contribution in [2.75, 3.05) is 112 Å². The average molecular weight is 747 g/mol. The minimum atomic E-state index is -0.838. The van der Waals surface area contributed by atoms with Crippen LogP contribution in [-0.4, -0.2) is 143 Å². The maximum atomic E-state index is 8.30. The van der Waals surface area contributed by atoms with Crippen molar-refractivity contribution in [3.63, 3.8) is 0 Å². The highest BCUT2D eigenvalue weighted by atomic mass is 16.8. The lowest BCUT2D eigenvalue weighted by atomic mass is 9.97. The highest BCUT2D eigenvalue weighted by molar-refractivity contribution is 5.21. The zero-order valence-corrected chi connectivity index (χ0v) is 29.8. The minimum Gasteiger partial charge on any atom is -0.462 e. The molecule has 292 valence electrons. The molecule has 2 aliphatic heterocycles. The number of hydrogen-bond acceptors (Lipinski definition) is 14. The van der Waals surface area contributed by atoms with Crippen LogP contribution in [0.2, 0.25) is 0 Å². The molecule has 0 saturated carbocycles. The van der Waals surface area contributed by atoms with E-state index in [-0.39, 0.29) is 32.9 Å². The minimum absolute atomic E-state index is 0.226. The van der Waals surface area contributed by atoms with Crippen molar-refractivity contribution < 1.29 is 56.8 Å². The zero-order valence-electron chi connectivity index (χ0n) is 29.8. The van der Waals surface area contributed by atoms with Crippen LogP contribution in [0, 0.1) is 0 Å². The lowest BCUT2D eigenvalue weighted by Crippen LogP contribution is -2.64. The van der Waals surface area contributed by atoms with Crippen LogP contribution in [0.25, 0.3) is 20.9 Å². The molecule has 2 aromatic carbocycles. The molecule has 0 aliphatic carbocycles. The highest BCUT2D eigenvalue weighted by Gasteiger charge is 2.52. The van der Waals surface area contributed by atoms with Crippen molar-refractivity contribution in [1.29, 1.82) is 0 Å². The standard InChI is InChI=1S/C35H50N6O12/c36-40-38-11-13-42-15-17-44-19-21-46-23-25-48-32-31-30(27-50-34(53-31)28-7-3-1-4-8-28)52-35(51-29-9-5-2-6-10-29)33(32)49-26-24-47-22-20-45-18-16-43-14-12-39-41-37/h1-10,30-35H,11-27H2/t30-,31-,32+,33-,34?,35-/m1/s1. The molecule has 0 bridgehead atoms. The Kier molecular flexibility index (Phi) is 21.5. The smallest absolute Gasteiger partial charge is 0.229 e. The molecule has 6 atom stereocenters. The first-order chi connectivity index (χ1) is 26.3. The maximum Gasteiger partial charge on any atom is 0.229 e. The van der Waals surface area contributed by atoms with Gasteiger partial charge in [-0.1, -0.05) is 58.8 Å². The molecule has 0 aromatic heterocycles. The third kappa shape index (κ3) is 16.5. The Balaban J connectivity index is 1.30. The molecule has 2 aromatic rings. The monoisotopic (exact) mass is 746 g/mol. The molecular weight excluding hydrogens is 696 g/mol. The number of para-hydroxylation sites is 1. The molecule has 0 N–H and O–H groups in total. The van der Waals surface area contributed by atoms with Crippen LogP contribution >= 0.6 is 0 Å². The van der Waals surface area contributed by atoms with E-state index in [9.17, 15) is 0 Å². The predicted molar refractivity (Wildman–Crippen MR) is 188 cm³/mol. The normalized spacial score (nSPS) is 22.3. The van der Waals surface area contributed by atoms with Crippen LogP contribution < -0.4 is 4.74 Å². The topological polar surface area (TPSA) is 208 Å². The van der Waals surface area contributed by atoms with Crippen LogP contribution in [-0.2, 0) is 52.1 Å². The van der Waals surface area contributed by atoms with Gasteiger partial charge in [0.1, 0.15) is 30.2 Å². The van der Waals surface area contributed by atoms with E-state index < -0.39 is 37.0 Å². The van der Waals surface area contributed by atoms with E-state index in [1.807, 2.05) is 60.7 Å². The third-order valence-electron chi connectivity index (χ3n) is 7.71. The maximum absolute atomic E-state index is 8.30. The van der Waals surface area contributed by atoms with Crippen LogP contribution in [0.1, 0.15) is 11.9 Å². The van der Waals surface area contributed by atoms with Gasteiger partial charge in [-0.25, -0.2) is 0 Å². The number of nitrogens with zero attached hydrogens (tertiary/aromatic N) is 6. The second-order valence-corrected chi connectivity index (χ2v) is 11.4. The average Bonchev–Trinajstić information content (AvgIpc) is 3.19. The molecule has 18 nitrogen and oxygen atoms in total. The van der Waals surface area contributed by atoms with Gasteiger partial charge in [0, 0.05) is 28.5 Å². The summed E-state index contributed by atoms with van der Waals surface area (Å²) < 4.78 is 71.6. The van der Waals surface area contributed by atoms with Gasteiger partial charge in [-0.3, -0.25) is 0 Å². The van der Waals surface area contributed by atoms with Gasteiger partial charge in [0.05, 0.1) is 99.1 Å². The lowest BCUT2D eigenvalue weighted by Gasteiger charge is -2.48. The van der Waals surface area contributed by atoms with E-state index in [1.54, 1.807) is 0 Å².